The molecule has 0 amide bonds. The number of benzene rings is 2. The number of hydrogen-bond donors (Lipinski definition) is 2. The molecule has 2 atom stereocenters. The molecule has 2 aromatic carbocycles. The van der Waals surface area contributed by atoms with E-state index in [1.54, 1.807) is 12.1 Å². The maximum atomic E-state index is 10.3. The zero-order valence-corrected chi connectivity index (χ0v) is 13.3. The van der Waals surface area contributed by atoms with Gasteiger partial charge in [0.25, 0.3) is 0 Å². The van der Waals surface area contributed by atoms with Gasteiger partial charge in [0.05, 0.1) is 17.7 Å². The third-order valence-corrected chi connectivity index (χ3v) is 3.92. The van der Waals surface area contributed by atoms with Gasteiger partial charge in [-0.05, 0) is 42.3 Å². The summed E-state index contributed by atoms with van der Waals surface area (Å²) in [4.78, 5) is 0. The summed E-state index contributed by atoms with van der Waals surface area (Å²) in [6, 6.07) is 17.1. The van der Waals surface area contributed by atoms with E-state index in [1.165, 1.54) is 0 Å². The first-order valence-electron chi connectivity index (χ1n) is 6.76. The fraction of sp³-hybridized carbons (Fsp3) is 0.235. The fourth-order valence-electron chi connectivity index (χ4n) is 2.04. The van der Waals surface area contributed by atoms with Crippen LogP contribution in [0.25, 0.3) is 0 Å². The minimum absolute atomic E-state index is 0.0678. The van der Waals surface area contributed by atoms with Crippen LogP contribution in [0.2, 0.25) is 0 Å². The van der Waals surface area contributed by atoms with Crippen LogP contribution in [0.5, 0.6) is 0 Å². The summed E-state index contributed by atoms with van der Waals surface area (Å²) in [5.41, 5.74) is 2.63. The van der Waals surface area contributed by atoms with E-state index >= 15 is 0 Å². The van der Waals surface area contributed by atoms with Crippen molar-refractivity contribution in [3.05, 3.63) is 69.7 Å². The molecule has 108 valence electrons. The molecule has 2 N–H and O–H groups in total. The van der Waals surface area contributed by atoms with Crippen molar-refractivity contribution in [2.45, 2.75) is 25.6 Å². The first kappa shape index (κ1) is 15.7. The molecule has 0 aliphatic heterocycles. The van der Waals surface area contributed by atoms with Crippen LogP contribution in [0.1, 0.15) is 29.7 Å². The summed E-state index contributed by atoms with van der Waals surface area (Å²) in [7, 11) is 0. The zero-order valence-electron chi connectivity index (χ0n) is 11.8. The molecule has 4 heteroatoms. The topological polar surface area (TPSA) is 56.0 Å². The second kappa shape index (κ2) is 7.37. The Bertz CT molecular complexity index is 617. The Morgan fingerprint density at radius 3 is 2.33 bits per heavy atom. The minimum atomic E-state index is -0.559. The maximum Gasteiger partial charge on any atom is 0.0991 e. The molecule has 0 aliphatic carbocycles. The maximum absolute atomic E-state index is 10.3. The predicted molar refractivity (Wildman–Crippen MR) is 86.6 cm³/mol. The molecule has 0 spiro atoms. The van der Waals surface area contributed by atoms with E-state index < -0.39 is 6.10 Å². The van der Waals surface area contributed by atoms with Crippen molar-refractivity contribution in [1.29, 1.82) is 5.26 Å². The molecule has 0 fully saturated rings. The Labute approximate surface area is 133 Å². The van der Waals surface area contributed by atoms with E-state index in [4.69, 9.17) is 5.26 Å². The summed E-state index contributed by atoms with van der Waals surface area (Å²) in [6.07, 6.45) is -0.559. The van der Waals surface area contributed by atoms with Gasteiger partial charge < -0.3 is 10.4 Å². The summed E-state index contributed by atoms with van der Waals surface area (Å²) < 4.78 is 0.997. The SMILES string of the molecule is CC(NCc1ccc(C#N)cc1)C(O)c1ccc(Br)cc1. The van der Waals surface area contributed by atoms with E-state index in [0.29, 0.717) is 12.1 Å². The number of aliphatic hydroxyl groups is 1. The number of aliphatic hydroxyl groups excluding tert-OH is 1. The molecular weight excluding hydrogens is 328 g/mol. The van der Waals surface area contributed by atoms with Crippen LogP contribution < -0.4 is 5.32 Å². The fourth-order valence-corrected chi connectivity index (χ4v) is 2.30. The van der Waals surface area contributed by atoms with E-state index in [1.807, 2.05) is 43.3 Å². The van der Waals surface area contributed by atoms with Gasteiger partial charge in [0.15, 0.2) is 0 Å². The highest BCUT2D eigenvalue weighted by Crippen LogP contribution is 2.19. The second-order valence-electron chi connectivity index (χ2n) is 4.97. The largest absolute Gasteiger partial charge is 0.387 e. The van der Waals surface area contributed by atoms with Crippen molar-refractivity contribution in [3.63, 3.8) is 0 Å². The molecule has 0 bridgehead atoms. The third-order valence-electron chi connectivity index (χ3n) is 3.40. The standard InChI is InChI=1S/C17H17BrN2O/c1-12(17(21)15-6-8-16(18)9-7-15)20-11-14-4-2-13(10-19)3-5-14/h2-9,12,17,20-21H,11H2,1H3. The average Bonchev–Trinajstić information content (AvgIpc) is 2.53. The van der Waals surface area contributed by atoms with Gasteiger partial charge in [-0.2, -0.15) is 5.26 Å². The summed E-state index contributed by atoms with van der Waals surface area (Å²) in [5, 5.41) is 22.4. The molecule has 0 radical (unpaired) electrons. The molecule has 2 rings (SSSR count). The van der Waals surface area contributed by atoms with Crippen LogP contribution in [-0.2, 0) is 6.54 Å². The molecule has 21 heavy (non-hydrogen) atoms. The zero-order chi connectivity index (χ0) is 15.2. The van der Waals surface area contributed by atoms with E-state index in [0.717, 1.165) is 15.6 Å². The molecule has 0 heterocycles. The number of rotatable bonds is 5. The lowest BCUT2D eigenvalue weighted by molar-refractivity contribution is 0.135. The number of nitrogens with zero attached hydrogens (tertiary/aromatic N) is 1. The van der Waals surface area contributed by atoms with Gasteiger partial charge in [-0.1, -0.05) is 40.2 Å². The lowest BCUT2D eigenvalue weighted by Crippen LogP contribution is -2.31. The van der Waals surface area contributed by atoms with Gasteiger partial charge in [0, 0.05) is 17.1 Å². The molecule has 2 unspecified atom stereocenters. The van der Waals surface area contributed by atoms with E-state index in [2.05, 4.69) is 27.3 Å². The molecule has 3 nitrogen and oxygen atoms in total. The highest BCUT2D eigenvalue weighted by atomic mass is 79.9. The Morgan fingerprint density at radius 2 is 1.76 bits per heavy atom. The Hall–Kier alpha value is -1.67. The van der Waals surface area contributed by atoms with Gasteiger partial charge in [0.2, 0.25) is 0 Å². The Morgan fingerprint density at radius 1 is 1.14 bits per heavy atom. The van der Waals surface area contributed by atoms with Crippen molar-refractivity contribution < 1.29 is 5.11 Å². The van der Waals surface area contributed by atoms with Crippen LogP contribution in [0, 0.1) is 11.3 Å². The van der Waals surface area contributed by atoms with Crippen LogP contribution in [0.4, 0.5) is 0 Å². The van der Waals surface area contributed by atoms with Crippen LogP contribution >= 0.6 is 15.9 Å². The van der Waals surface area contributed by atoms with Crippen LogP contribution in [0.15, 0.2) is 53.0 Å². The average molecular weight is 345 g/mol. The van der Waals surface area contributed by atoms with Gasteiger partial charge >= 0.3 is 0 Å². The first-order valence-corrected chi connectivity index (χ1v) is 7.55. The summed E-state index contributed by atoms with van der Waals surface area (Å²) >= 11 is 3.38. The van der Waals surface area contributed by atoms with Gasteiger partial charge in [-0.3, -0.25) is 0 Å². The summed E-state index contributed by atoms with van der Waals surface area (Å²) in [6.45, 7) is 2.61. The third kappa shape index (κ3) is 4.40. The van der Waals surface area contributed by atoms with Gasteiger partial charge in [-0.15, -0.1) is 0 Å². The monoisotopic (exact) mass is 344 g/mol. The molecule has 0 aromatic heterocycles. The molecule has 0 saturated heterocycles. The summed E-state index contributed by atoms with van der Waals surface area (Å²) in [5.74, 6) is 0. The molecular formula is C17H17BrN2O. The van der Waals surface area contributed by atoms with E-state index in [9.17, 15) is 5.11 Å². The highest BCUT2D eigenvalue weighted by molar-refractivity contribution is 9.10. The molecule has 0 aliphatic rings. The molecule has 2 aromatic rings. The smallest absolute Gasteiger partial charge is 0.0991 e. The number of hydrogen-bond acceptors (Lipinski definition) is 3. The minimum Gasteiger partial charge on any atom is -0.387 e. The van der Waals surface area contributed by atoms with Crippen LogP contribution in [-0.4, -0.2) is 11.1 Å². The quantitative estimate of drug-likeness (QED) is 0.872. The van der Waals surface area contributed by atoms with Crippen molar-refractivity contribution >= 4 is 15.9 Å². The van der Waals surface area contributed by atoms with Crippen molar-refractivity contribution in [1.82, 2.24) is 5.32 Å². The Balaban J connectivity index is 1.92. The number of nitrogens with one attached hydrogen (secondary N) is 1. The lowest BCUT2D eigenvalue weighted by Gasteiger charge is -2.21. The predicted octanol–water partition coefficient (Wildman–Crippen LogP) is 3.53. The van der Waals surface area contributed by atoms with Crippen molar-refractivity contribution in [2.24, 2.45) is 0 Å². The first-order chi connectivity index (χ1) is 10.1. The normalized spacial score (nSPS) is 13.4. The van der Waals surface area contributed by atoms with Gasteiger partial charge in [-0.25, -0.2) is 0 Å². The molecule has 0 saturated carbocycles. The van der Waals surface area contributed by atoms with Crippen molar-refractivity contribution in [2.75, 3.05) is 0 Å². The lowest BCUT2D eigenvalue weighted by atomic mass is 10.0. The van der Waals surface area contributed by atoms with Gasteiger partial charge in [0.1, 0.15) is 0 Å². The van der Waals surface area contributed by atoms with Crippen molar-refractivity contribution in [3.8, 4) is 6.07 Å². The Kier molecular flexibility index (Phi) is 5.51. The van der Waals surface area contributed by atoms with E-state index in [-0.39, 0.29) is 6.04 Å². The van der Waals surface area contributed by atoms with Crippen LogP contribution in [0.3, 0.4) is 0 Å². The number of nitriles is 1. The highest BCUT2D eigenvalue weighted by Gasteiger charge is 2.15. The second-order valence-corrected chi connectivity index (χ2v) is 5.89. The number of halogens is 1.